The number of thioether (sulfide) groups is 1. The van der Waals surface area contributed by atoms with Crippen LogP contribution >= 0.6 is 23.4 Å². The highest BCUT2D eigenvalue weighted by atomic mass is 35.5. The van der Waals surface area contributed by atoms with E-state index in [0.29, 0.717) is 0 Å². The maximum absolute atomic E-state index is 6.44. The summed E-state index contributed by atoms with van der Waals surface area (Å²) in [5.41, 5.74) is 3.80. The topological polar surface area (TPSA) is 0 Å². The summed E-state index contributed by atoms with van der Waals surface area (Å²) in [6.07, 6.45) is 0. The van der Waals surface area contributed by atoms with Gasteiger partial charge >= 0.3 is 0 Å². The molecule has 0 aliphatic heterocycles. The molecular formula is C20H17ClS. The molecule has 0 heterocycles. The molecule has 0 unspecified atom stereocenters. The van der Waals surface area contributed by atoms with E-state index in [-0.39, 0.29) is 5.25 Å². The van der Waals surface area contributed by atoms with Gasteiger partial charge in [-0.2, -0.15) is 0 Å². The summed E-state index contributed by atoms with van der Waals surface area (Å²) < 4.78 is 0. The zero-order valence-electron chi connectivity index (χ0n) is 12.2. The number of hydrogen-bond donors (Lipinski definition) is 0. The summed E-state index contributed by atoms with van der Waals surface area (Å²) in [5, 5.41) is 1.08. The number of hydrogen-bond acceptors (Lipinski definition) is 1. The fourth-order valence-corrected chi connectivity index (χ4v) is 4.03. The molecule has 0 saturated heterocycles. The Labute approximate surface area is 141 Å². The summed E-state index contributed by atoms with van der Waals surface area (Å²) in [7, 11) is 0. The predicted octanol–water partition coefficient (Wildman–Crippen LogP) is 6.36. The molecule has 0 aromatic heterocycles. The van der Waals surface area contributed by atoms with Crippen LogP contribution in [0.1, 0.15) is 21.9 Å². The van der Waals surface area contributed by atoms with Gasteiger partial charge in [0.25, 0.3) is 0 Å². The first kappa shape index (κ1) is 15.2. The minimum Gasteiger partial charge on any atom is -0.144 e. The molecule has 0 nitrogen and oxygen atoms in total. The maximum Gasteiger partial charge on any atom is 0.0564 e. The van der Waals surface area contributed by atoms with Crippen molar-refractivity contribution in [3.8, 4) is 0 Å². The van der Waals surface area contributed by atoms with Crippen LogP contribution in [-0.2, 0) is 5.75 Å². The van der Waals surface area contributed by atoms with Crippen LogP contribution in [0.5, 0.6) is 0 Å². The van der Waals surface area contributed by atoms with Crippen molar-refractivity contribution in [1.82, 2.24) is 0 Å². The average Bonchev–Trinajstić information content (AvgIpc) is 2.58. The third-order valence-corrected chi connectivity index (χ3v) is 5.25. The van der Waals surface area contributed by atoms with Gasteiger partial charge in [-0.1, -0.05) is 90.5 Å². The van der Waals surface area contributed by atoms with E-state index >= 15 is 0 Å². The number of rotatable bonds is 5. The Bertz CT molecular complexity index is 710. The van der Waals surface area contributed by atoms with Crippen LogP contribution in [0.4, 0.5) is 0 Å². The van der Waals surface area contributed by atoms with Gasteiger partial charge in [0.05, 0.1) is 5.25 Å². The van der Waals surface area contributed by atoms with Gasteiger partial charge in [-0.15, -0.1) is 11.8 Å². The normalized spacial score (nSPS) is 12.0. The fraction of sp³-hybridized carbons (Fsp3) is 0.100. The van der Waals surface area contributed by atoms with Crippen molar-refractivity contribution in [1.29, 1.82) is 0 Å². The van der Waals surface area contributed by atoms with Gasteiger partial charge in [0, 0.05) is 10.8 Å². The molecule has 0 bridgehead atoms. The quantitative estimate of drug-likeness (QED) is 0.526. The molecule has 22 heavy (non-hydrogen) atoms. The second kappa shape index (κ2) is 7.53. The number of benzene rings is 3. The molecular weight excluding hydrogens is 308 g/mol. The molecule has 0 radical (unpaired) electrons. The molecule has 3 aromatic carbocycles. The predicted molar refractivity (Wildman–Crippen MR) is 97.5 cm³/mol. The lowest BCUT2D eigenvalue weighted by molar-refractivity contribution is 1.15. The molecule has 0 aliphatic carbocycles. The Morgan fingerprint density at radius 3 is 2.00 bits per heavy atom. The van der Waals surface area contributed by atoms with Crippen molar-refractivity contribution < 1.29 is 0 Å². The first-order valence-electron chi connectivity index (χ1n) is 7.29. The zero-order chi connectivity index (χ0) is 15.2. The molecule has 3 aromatic rings. The average molecular weight is 325 g/mol. The molecule has 0 saturated carbocycles. The van der Waals surface area contributed by atoms with Gasteiger partial charge in [0.2, 0.25) is 0 Å². The van der Waals surface area contributed by atoms with E-state index in [1.165, 1.54) is 16.7 Å². The minimum atomic E-state index is 0.245. The summed E-state index contributed by atoms with van der Waals surface area (Å²) in [6.45, 7) is 0. The van der Waals surface area contributed by atoms with Gasteiger partial charge in [0.1, 0.15) is 0 Å². The fourth-order valence-electron chi connectivity index (χ4n) is 2.43. The third-order valence-electron chi connectivity index (χ3n) is 3.55. The molecule has 1 atom stereocenters. The largest absolute Gasteiger partial charge is 0.144 e. The van der Waals surface area contributed by atoms with Gasteiger partial charge in [-0.05, 0) is 22.8 Å². The molecule has 0 aliphatic rings. The lowest BCUT2D eigenvalue weighted by Crippen LogP contribution is -1.98. The van der Waals surface area contributed by atoms with Crippen LogP contribution in [0.3, 0.4) is 0 Å². The minimum absolute atomic E-state index is 0.245. The molecule has 2 heteroatoms. The Morgan fingerprint density at radius 2 is 1.32 bits per heavy atom. The van der Waals surface area contributed by atoms with Crippen molar-refractivity contribution in [3.63, 3.8) is 0 Å². The van der Waals surface area contributed by atoms with Crippen LogP contribution in [0.15, 0.2) is 84.9 Å². The van der Waals surface area contributed by atoms with Gasteiger partial charge in [-0.3, -0.25) is 0 Å². The van der Waals surface area contributed by atoms with E-state index in [0.717, 1.165) is 10.8 Å². The third kappa shape index (κ3) is 3.73. The summed E-state index contributed by atoms with van der Waals surface area (Å²) in [5.74, 6) is 0.964. The lowest BCUT2D eigenvalue weighted by Gasteiger charge is -2.19. The Hall–Kier alpha value is -1.70. The van der Waals surface area contributed by atoms with Crippen LogP contribution in [-0.4, -0.2) is 0 Å². The van der Waals surface area contributed by atoms with E-state index in [9.17, 15) is 0 Å². The molecule has 0 amide bonds. The molecule has 0 fully saturated rings. The summed E-state index contributed by atoms with van der Waals surface area (Å²) >= 11 is 8.35. The Balaban J connectivity index is 1.89. The Kier molecular flexibility index (Phi) is 5.20. The smallest absolute Gasteiger partial charge is 0.0564 e. The van der Waals surface area contributed by atoms with Crippen molar-refractivity contribution in [2.45, 2.75) is 11.0 Å². The Morgan fingerprint density at radius 1 is 0.727 bits per heavy atom. The van der Waals surface area contributed by atoms with Crippen molar-refractivity contribution in [2.24, 2.45) is 0 Å². The SMILES string of the molecule is Clc1ccccc1[C@@H](SCc1ccccc1)c1ccccc1. The molecule has 0 N–H and O–H groups in total. The number of halogens is 1. The second-order valence-corrected chi connectivity index (χ2v) is 6.61. The highest BCUT2D eigenvalue weighted by Crippen LogP contribution is 2.40. The van der Waals surface area contributed by atoms with E-state index < -0.39 is 0 Å². The van der Waals surface area contributed by atoms with E-state index in [1.54, 1.807) is 0 Å². The summed E-state index contributed by atoms with van der Waals surface area (Å²) in [6, 6.07) is 29.3. The monoisotopic (exact) mass is 324 g/mol. The highest BCUT2D eigenvalue weighted by Gasteiger charge is 2.17. The molecule has 3 rings (SSSR count). The van der Waals surface area contributed by atoms with Crippen LogP contribution < -0.4 is 0 Å². The van der Waals surface area contributed by atoms with Gasteiger partial charge in [-0.25, -0.2) is 0 Å². The van der Waals surface area contributed by atoms with Crippen LogP contribution in [0.2, 0.25) is 5.02 Å². The molecule has 0 spiro atoms. The molecule has 110 valence electrons. The first-order chi connectivity index (χ1) is 10.8. The van der Waals surface area contributed by atoms with E-state index in [1.807, 2.05) is 23.9 Å². The second-order valence-electron chi connectivity index (χ2n) is 5.11. The van der Waals surface area contributed by atoms with Crippen LogP contribution in [0, 0.1) is 0 Å². The van der Waals surface area contributed by atoms with Crippen molar-refractivity contribution in [2.75, 3.05) is 0 Å². The first-order valence-corrected chi connectivity index (χ1v) is 8.72. The van der Waals surface area contributed by atoms with E-state index in [2.05, 4.69) is 72.8 Å². The van der Waals surface area contributed by atoms with Crippen molar-refractivity contribution >= 4 is 23.4 Å². The van der Waals surface area contributed by atoms with Crippen LogP contribution in [0.25, 0.3) is 0 Å². The maximum atomic E-state index is 6.44. The lowest BCUT2D eigenvalue weighted by atomic mass is 10.0. The highest BCUT2D eigenvalue weighted by molar-refractivity contribution is 7.98. The summed E-state index contributed by atoms with van der Waals surface area (Å²) in [4.78, 5) is 0. The standard InChI is InChI=1S/C20H17ClS/c21-19-14-8-7-13-18(19)20(17-11-5-2-6-12-17)22-15-16-9-3-1-4-10-16/h1-14,20H,15H2/t20-/m0/s1. The van der Waals surface area contributed by atoms with Gasteiger partial charge in [0.15, 0.2) is 0 Å². The zero-order valence-corrected chi connectivity index (χ0v) is 13.7. The van der Waals surface area contributed by atoms with Gasteiger partial charge < -0.3 is 0 Å². The van der Waals surface area contributed by atoms with Crippen molar-refractivity contribution in [3.05, 3.63) is 107 Å². The van der Waals surface area contributed by atoms with E-state index in [4.69, 9.17) is 11.6 Å².